The molecule has 0 radical (unpaired) electrons. The van der Waals surface area contributed by atoms with Gasteiger partial charge in [-0.3, -0.25) is 0 Å². The van der Waals surface area contributed by atoms with E-state index < -0.39 is 12.3 Å². The maximum absolute atomic E-state index is 11.1. The average Bonchev–Trinajstić information content (AvgIpc) is 2.39. The summed E-state index contributed by atoms with van der Waals surface area (Å²) in [4.78, 5) is 11.1. The number of carbonyl (C=O) groups is 1. The fraction of sp³-hybridized carbons (Fsp3) is 0.462. The summed E-state index contributed by atoms with van der Waals surface area (Å²) >= 11 is 0. The van der Waals surface area contributed by atoms with Crippen LogP contribution in [0.15, 0.2) is 24.3 Å². The summed E-state index contributed by atoms with van der Waals surface area (Å²) in [7, 11) is 1.59. The van der Waals surface area contributed by atoms with Crippen LogP contribution in [0, 0.1) is 0 Å². The van der Waals surface area contributed by atoms with Gasteiger partial charge in [0.15, 0.2) is 0 Å². The molecule has 0 aliphatic rings. The Morgan fingerprint density at radius 1 is 1.39 bits per heavy atom. The quantitative estimate of drug-likeness (QED) is 0.584. The molecule has 0 aliphatic heterocycles. The number of aliphatic hydroxyl groups excluding tert-OH is 1. The zero-order valence-corrected chi connectivity index (χ0v) is 10.6. The predicted molar refractivity (Wildman–Crippen MR) is 65.3 cm³/mol. The summed E-state index contributed by atoms with van der Waals surface area (Å²) < 4.78 is 14.8. The van der Waals surface area contributed by atoms with E-state index in [0.29, 0.717) is 6.42 Å². The van der Waals surface area contributed by atoms with Crippen molar-refractivity contribution >= 4 is 5.97 Å². The Kier molecular flexibility index (Phi) is 6.18. The predicted octanol–water partition coefficient (Wildman–Crippen LogP) is 1.14. The van der Waals surface area contributed by atoms with E-state index in [1.807, 2.05) is 24.3 Å². The van der Waals surface area contributed by atoms with Crippen LogP contribution in [-0.4, -0.2) is 37.7 Å². The Morgan fingerprint density at radius 3 is 2.78 bits per heavy atom. The minimum atomic E-state index is -1.53. The van der Waals surface area contributed by atoms with Crippen LogP contribution in [0.1, 0.15) is 12.5 Å². The lowest BCUT2D eigenvalue weighted by molar-refractivity contribution is -0.182. The van der Waals surface area contributed by atoms with Gasteiger partial charge in [0.05, 0.1) is 20.3 Å². The third kappa shape index (κ3) is 4.35. The molecule has 1 unspecified atom stereocenters. The van der Waals surface area contributed by atoms with Crippen LogP contribution < -0.4 is 4.74 Å². The number of carbonyl (C=O) groups excluding carboxylic acids is 1. The highest BCUT2D eigenvalue weighted by Crippen LogP contribution is 2.17. The monoisotopic (exact) mass is 254 g/mol. The number of rotatable bonds is 7. The SMILES string of the molecule is CCOC(=O)C(O)OCCc1ccccc1OC. The molecule has 100 valence electrons. The number of benzene rings is 1. The van der Waals surface area contributed by atoms with E-state index in [-0.39, 0.29) is 13.2 Å². The highest BCUT2D eigenvalue weighted by Gasteiger charge is 2.16. The Labute approximate surface area is 106 Å². The van der Waals surface area contributed by atoms with Crippen LogP contribution in [0.4, 0.5) is 0 Å². The molecule has 0 aliphatic carbocycles. The van der Waals surface area contributed by atoms with Gasteiger partial charge in [0, 0.05) is 0 Å². The van der Waals surface area contributed by atoms with Gasteiger partial charge in [0.1, 0.15) is 5.75 Å². The van der Waals surface area contributed by atoms with Crippen molar-refractivity contribution < 1.29 is 24.1 Å². The molecule has 5 nitrogen and oxygen atoms in total. The first-order valence-corrected chi connectivity index (χ1v) is 5.77. The van der Waals surface area contributed by atoms with Crippen molar-refractivity contribution in [1.29, 1.82) is 0 Å². The molecule has 5 heteroatoms. The molecule has 1 aromatic rings. The van der Waals surface area contributed by atoms with Crippen molar-refractivity contribution in [2.75, 3.05) is 20.3 Å². The maximum Gasteiger partial charge on any atom is 0.363 e. The van der Waals surface area contributed by atoms with Crippen LogP contribution in [-0.2, 0) is 20.7 Å². The number of para-hydroxylation sites is 1. The number of ether oxygens (including phenoxy) is 3. The van der Waals surface area contributed by atoms with Crippen molar-refractivity contribution in [2.24, 2.45) is 0 Å². The second kappa shape index (κ2) is 7.68. The fourth-order valence-corrected chi connectivity index (χ4v) is 1.47. The average molecular weight is 254 g/mol. The molecular weight excluding hydrogens is 236 g/mol. The number of aliphatic hydroxyl groups is 1. The highest BCUT2D eigenvalue weighted by molar-refractivity contribution is 5.72. The molecule has 1 rings (SSSR count). The van der Waals surface area contributed by atoms with Gasteiger partial charge in [-0.25, -0.2) is 4.79 Å². The molecule has 0 amide bonds. The summed E-state index contributed by atoms with van der Waals surface area (Å²) in [6.45, 7) is 2.09. The number of hydrogen-bond donors (Lipinski definition) is 1. The van der Waals surface area contributed by atoms with E-state index in [9.17, 15) is 9.90 Å². The van der Waals surface area contributed by atoms with Crippen molar-refractivity contribution in [3.63, 3.8) is 0 Å². The van der Waals surface area contributed by atoms with Crippen LogP contribution in [0.3, 0.4) is 0 Å². The minimum Gasteiger partial charge on any atom is -0.496 e. The van der Waals surface area contributed by atoms with Gasteiger partial charge in [-0.2, -0.15) is 0 Å². The van der Waals surface area contributed by atoms with Crippen molar-refractivity contribution in [2.45, 2.75) is 19.6 Å². The minimum absolute atomic E-state index is 0.209. The molecule has 0 spiro atoms. The van der Waals surface area contributed by atoms with E-state index >= 15 is 0 Å². The van der Waals surface area contributed by atoms with Crippen molar-refractivity contribution in [3.8, 4) is 5.75 Å². The second-order valence-electron chi connectivity index (χ2n) is 3.54. The van der Waals surface area contributed by atoms with E-state index in [2.05, 4.69) is 4.74 Å². The van der Waals surface area contributed by atoms with Gasteiger partial charge in [-0.1, -0.05) is 18.2 Å². The normalized spacial score (nSPS) is 11.9. The molecule has 0 aromatic heterocycles. The van der Waals surface area contributed by atoms with Crippen molar-refractivity contribution in [3.05, 3.63) is 29.8 Å². The maximum atomic E-state index is 11.1. The number of esters is 1. The largest absolute Gasteiger partial charge is 0.496 e. The van der Waals surface area contributed by atoms with Gasteiger partial charge >= 0.3 is 5.97 Å². The lowest BCUT2D eigenvalue weighted by Gasteiger charge is -2.12. The molecule has 1 aromatic carbocycles. The van der Waals surface area contributed by atoms with Crippen molar-refractivity contribution in [1.82, 2.24) is 0 Å². The Bertz CT molecular complexity index is 377. The molecule has 1 N–H and O–H groups in total. The van der Waals surface area contributed by atoms with Gasteiger partial charge < -0.3 is 19.3 Å². The molecule has 0 fully saturated rings. The smallest absolute Gasteiger partial charge is 0.363 e. The summed E-state index contributed by atoms with van der Waals surface area (Å²) in [5, 5.41) is 9.33. The lowest BCUT2D eigenvalue weighted by atomic mass is 10.1. The summed E-state index contributed by atoms with van der Waals surface area (Å²) in [6.07, 6.45) is -0.986. The third-order valence-corrected chi connectivity index (χ3v) is 2.33. The first-order valence-electron chi connectivity index (χ1n) is 5.77. The van der Waals surface area contributed by atoms with E-state index in [4.69, 9.17) is 9.47 Å². The molecule has 0 saturated carbocycles. The lowest BCUT2D eigenvalue weighted by Crippen LogP contribution is -2.26. The zero-order chi connectivity index (χ0) is 13.4. The molecule has 0 saturated heterocycles. The molecule has 1 atom stereocenters. The molecule has 0 bridgehead atoms. The van der Waals surface area contributed by atoms with Gasteiger partial charge in [0.25, 0.3) is 6.29 Å². The third-order valence-electron chi connectivity index (χ3n) is 2.33. The Balaban J connectivity index is 2.39. The standard InChI is InChI=1S/C13H18O5/c1-3-17-12(14)13(15)18-9-8-10-6-4-5-7-11(10)16-2/h4-7,13,15H,3,8-9H2,1-2H3. The zero-order valence-electron chi connectivity index (χ0n) is 10.6. The first kappa shape index (κ1) is 14.5. The second-order valence-corrected chi connectivity index (χ2v) is 3.54. The fourth-order valence-electron chi connectivity index (χ4n) is 1.47. The van der Waals surface area contributed by atoms with Crippen LogP contribution in [0.5, 0.6) is 5.75 Å². The molecular formula is C13H18O5. The molecule has 0 heterocycles. The van der Waals surface area contributed by atoms with E-state index in [0.717, 1.165) is 11.3 Å². The van der Waals surface area contributed by atoms with Crippen LogP contribution >= 0.6 is 0 Å². The summed E-state index contributed by atoms with van der Waals surface area (Å²) in [5.41, 5.74) is 0.955. The number of hydrogen-bond acceptors (Lipinski definition) is 5. The van der Waals surface area contributed by atoms with Crippen LogP contribution in [0.2, 0.25) is 0 Å². The summed E-state index contributed by atoms with van der Waals surface area (Å²) in [5.74, 6) is -0.00995. The van der Waals surface area contributed by atoms with E-state index in [1.54, 1.807) is 14.0 Å². The highest BCUT2D eigenvalue weighted by atomic mass is 16.6. The van der Waals surface area contributed by atoms with Gasteiger partial charge in [-0.15, -0.1) is 0 Å². The Morgan fingerprint density at radius 2 is 2.11 bits per heavy atom. The summed E-state index contributed by atoms with van der Waals surface area (Å²) in [6, 6.07) is 7.51. The topological polar surface area (TPSA) is 65.0 Å². The van der Waals surface area contributed by atoms with Gasteiger partial charge in [-0.05, 0) is 25.0 Å². The Hall–Kier alpha value is -1.59. The van der Waals surface area contributed by atoms with Crippen LogP contribution in [0.25, 0.3) is 0 Å². The van der Waals surface area contributed by atoms with E-state index in [1.165, 1.54) is 0 Å². The van der Waals surface area contributed by atoms with Gasteiger partial charge in [0.2, 0.25) is 0 Å². The molecule has 18 heavy (non-hydrogen) atoms. The first-order chi connectivity index (χ1) is 8.69. The number of methoxy groups -OCH3 is 1.